The van der Waals surface area contributed by atoms with Crippen LogP contribution in [-0.4, -0.2) is 29.1 Å². The topological polar surface area (TPSA) is 40.5 Å². The second-order valence-corrected chi connectivity index (χ2v) is 5.61. The Bertz CT molecular complexity index is 468. The molecular formula is C16H22FNO2. The van der Waals surface area contributed by atoms with E-state index in [4.69, 9.17) is 5.11 Å². The van der Waals surface area contributed by atoms with Gasteiger partial charge in [0.25, 0.3) is 0 Å². The molecule has 0 saturated carbocycles. The Morgan fingerprint density at radius 2 is 2.10 bits per heavy atom. The van der Waals surface area contributed by atoms with Crippen molar-refractivity contribution in [1.82, 2.24) is 4.90 Å². The Labute approximate surface area is 119 Å². The number of carboxylic acid groups (broad SMARTS) is 1. The second kappa shape index (κ2) is 6.84. The fourth-order valence-corrected chi connectivity index (χ4v) is 2.98. The van der Waals surface area contributed by atoms with Crippen molar-refractivity contribution < 1.29 is 14.3 Å². The minimum absolute atomic E-state index is 0.210. The molecule has 20 heavy (non-hydrogen) atoms. The number of aromatic carboxylic acids is 1. The van der Waals surface area contributed by atoms with Gasteiger partial charge in [-0.3, -0.25) is 4.90 Å². The van der Waals surface area contributed by atoms with E-state index in [-0.39, 0.29) is 11.4 Å². The van der Waals surface area contributed by atoms with Gasteiger partial charge in [0, 0.05) is 6.54 Å². The SMILES string of the molecule is CCCC1CCN(Cc2cc(F)ccc2C(=O)O)CC1. The largest absolute Gasteiger partial charge is 0.478 e. The first-order valence-electron chi connectivity index (χ1n) is 7.34. The zero-order chi connectivity index (χ0) is 14.5. The summed E-state index contributed by atoms with van der Waals surface area (Å²) in [6, 6.07) is 3.92. The van der Waals surface area contributed by atoms with Crippen LogP contribution in [0.2, 0.25) is 0 Å². The maximum absolute atomic E-state index is 13.3. The van der Waals surface area contributed by atoms with Crippen LogP contribution in [0.5, 0.6) is 0 Å². The second-order valence-electron chi connectivity index (χ2n) is 5.61. The highest BCUT2D eigenvalue weighted by atomic mass is 19.1. The normalized spacial score (nSPS) is 17.3. The average molecular weight is 279 g/mol. The molecule has 0 aromatic heterocycles. The van der Waals surface area contributed by atoms with Gasteiger partial charge in [0.1, 0.15) is 5.82 Å². The van der Waals surface area contributed by atoms with Gasteiger partial charge in [-0.25, -0.2) is 9.18 Å². The molecule has 1 saturated heterocycles. The summed E-state index contributed by atoms with van der Waals surface area (Å²) in [5.74, 6) is -0.561. The van der Waals surface area contributed by atoms with Gasteiger partial charge in [0.2, 0.25) is 0 Å². The van der Waals surface area contributed by atoms with Crippen LogP contribution in [0.4, 0.5) is 4.39 Å². The van der Waals surface area contributed by atoms with Crippen LogP contribution in [0, 0.1) is 11.7 Å². The fourth-order valence-electron chi connectivity index (χ4n) is 2.98. The molecule has 3 nitrogen and oxygen atoms in total. The Kier molecular flexibility index (Phi) is 5.12. The van der Waals surface area contributed by atoms with Crippen molar-refractivity contribution in [1.29, 1.82) is 0 Å². The third kappa shape index (κ3) is 3.79. The first-order valence-corrected chi connectivity index (χ1v) is 7.34. The van der Waals surface area contributed by atoms with Crippen molar-refractivity contribution in [2.75, 3.05) is 13.1 Å². The van der Waals surface area contributed by atoms with E-state index in [9.17, 15) is 9.18 Å². The van der Waals surface area contributed by atoms with Gasteiger partial charge < -0.3 is 5.11 Å². The van der Waals surface area contributed by atoms with E-state index in [0.717, 1.165) is 31.8 Å². The summed E-state index contributed by atoms with van der Waals surface area (Å²) in [5, 5.41) is 9.16. The standard InChI is InChI=1S/C16H22FNO2/c1-2-3-12-6-8-18(9-7-12)11-13-10-14(17)4-5-15(13)16(19)20/h4-5,10,12H,2-3,6-9,11H2,1H3,(H,19,20). The quantitative estimate of drug-likeness (QED) is 0.896. The van der Waals surface area contributed by atoms with Gasteiger partial charge in [-0.1, -0.05) is 19.8 Å². The van der Waals surface area contributed by atoms with Crippen LogP contribution in [0.15, 0.2) is 18.2 Å². The third-order valence-corrected chi connectivity index (χ3v) is 4.10. The Morgan fingerprint density at radius 3 is 2.70 bits per heavy atom. The van der Waals surface area contributed by atoms with Crippen LogP contribution in [0.3, 0.4) is 0 Å². The molecule has 0 aliphatic carbocycles. The molecule has 2 rings (SSSR count). The summed E-state index contributed by atoms with van der Waals surface area (Å²) < 4.78 is 13.3. The predicted molar refractivity (Wildman–Crippen MR) is 76.3 cm³/mol. The third-order valence-electron chi connectivity index (χ3n) is 4.10. The molecule has 0 unspecified atom stereocenters. The summed E-state index contributed by atoms with van der Waals surface area (Å²) in [6.07, 6.45) is 4.81. The van der Waals surface area contributed by atoms with E-state index < -0.39 is 5.97 Å². The number of carboxylic acids is 1. The molecule has 1 aliphatic heterocycles. The summed E-state index contributed by atoms with van der Waals surface area (Å²) in [6.45, 7) is 4.68. The van der Waals surface area contributed by atoms with Crippen molar-refractivity contribution in [3.8, 4) is 0 Å². The lowest BCUT2D eigenvalue weighted by Gasteiger charge is -2.32. The zero-order valence-corrected chi connectivity index (χ0v) is 11.9. The van der Waals surface area contributed by atoms with Gasteiger partial charge in [-0.05, 0) is 55.6 Å². The number of hydrogen-bond acceptors (Lipinski definition) is 2. The first-order chi connectivity index (χ1) is 9.60. The van der Waals surface area contributed by atoms with Crippen molar-refractivity contribution >= 4 is 5.97 Å². The Hall–Kier alpha value is -1.42. The number of carbonyl (C=O) groups is 1. The van der Waals surface area contributed by atoms with Gasteiger partial charge in [-0.2, -0.15) is 0 Å². The smallest absolute Gasteiger partial charge is 0.336 e. The average Bonchev–Trinajstić information content (AvgIpc) is 2.41. The minimum atomic E-state index is -0.985. The summed E-state index contributed by atoms with van der Waals surface area (Å²) in [4.78, 5) is 13.4. The van der Waals surface area contributed by atoms with Crippen LogP contribution < -0.4 is 0 Å². The number of nitrogens with zero attached hydrogens (tertiary/aromatic N) is 1. The fraction of sp³-hybridized carbons (Fsp3) is 0.562. The van der Waals surface area contributed by atoms with Crippen LogP contribution in [-0.2, 0) is 6.54 Å². The molecule has 0 bridgehead atoms. The number of piperidine rings is 1. The monoisotopic (exact) mass is 279 g/mol. The number of hydrogen-bond donors (Lipinski definition) is 1. The molecule has 1 N–H and O–H groups in total. The number of benzene rings is 1. The molecule has 1 heterocycles. The van der Waals surface area contributed by atoms with E-state index in [0.29, 0.717) is 12.1 Å². The molecule has 0 amide bonds. The van der Waals surface area contributed by atoms with Gasteiger partial charge in [0.15, 0.2) is 0 Å². The van der Waals surface area contributed by atoms with Crippen LogP contribution >= 0.6 is 0 Å². The molecule has 1 aromatic carbocycles. The minimum Gasteiger partial charge on any atom is -0.478 e. The molecule has 0 radical (unpaired) electrons. The molecule has 0 spiro atoms. The lowest BCUT2D eigenvalue weighted by molar-refractivity contribution is 0.0693. The molecule has 1 aliphatic rings. The van der Waals surface area contributed by atoms with Crippen LogP contribution in [0.25, 0.3) is 0 Å². The summed E-state index contributed by atoms with van der Waals surface area (Å²) >= 11 is 0. The lowest BCUT2D eigenvalue weighted by atomic mass is 9.92. The molecule has 4 heteroatoms. The van der Waals surface area contributed by atoms with Gasteiger partial charge >= 0.3 is 5.97 Å². The van der Waals surface area contributed by atoms with E-state index in [1.807, 2.05) is 0 Å². The molecule has 0 atom stereocenters. The number of halogens is 1. The van der Waals surface area contributed by atoms with Crippen molar-refractivity contribution in [3.05, 3.63) is 35.1 Å². The zero-order valence-electron chi connectivity index (χ0n) is 11.9. The summed E-state index contributed by atoms with van der Waals surface area (Å²) in [5.41, 5.74) is 0.786. The van der Waals surface area contributed by atoms with Crippen molar-refractivity contribution in [2.45, 2.75) is 39.2 Å². The molecule has 110 valence electrons. The molecule has 1 fully saturated rings. The lowest BCUT2D eigenvalue weighted by Crippen LogP contribution is -2.33. The van der Waals surface area contributed by atoms with Crippen molar-refractivity contribution in [3.63, 3.8) is 0 Å². The highest BCUT2D eigenvalue weighted by Gasteiger charge is 2.20. The highest BCUT2D eigenvalue weighted by Crippen LogP contribution is 2.23. The maximum atomic E-state index is 13.3. The van der Waals surface area contributed by atoms with E-state index >= 15 is 0 Å². The summed E-state index contributed by atoms with van der Waals surface area (Å²) in [7, 11) is 0. The first kappa shape index (κ1) is 15.0. The van der Waals surface area contributed by atoms with E-state index in [1.54, 1.807) is 0 Å². The van der Waals surface area contributed by atoms with Crippen LogP contribution in [0.1, 0.15) is 48.5 Å². The molecular weight excluding hydrogens is 257 g/mol. The maximum Gasteiger partial charge on any atom is 0.336 e. The van der Waals surface area contributed by atoms with E-state index in [1.165, 1.54) is 31.0 Å². The van der Waals surface area contributed by atoms with Gasteiger partial charge in [0.05, 0.1) is 5.56 Å². The van der Waals surface area contributed by atoms with E-state index in [2.05, 4.69) is 11.8 Å². The highest BCUT2D eigenvalue weighted by molar-refractivity contribution is 5.89. The van der Waals surface area contributed by atoms with Crippen molar-refractivity contribution in [2.24, 2.45) is 5.92 Å². The number of likely N-dealkylation sites (tertiary alicyclic amines) is 1. The Morgan fingerprint density at radius 1 is 1.40 bits per heavy atom. The molecule has 1 aromatic rings. The Balaban J connectivity index is 2.00. The van der Waals surface area contributed by atoms with Gasteiger partial charge in [-0.15, -0.1) is 0 Å². The predicted octanol–water partition coefficient (Wildman–Crippen LogP) is 3.54. The number of rotatable bonds is 5.